The van der Waals surface area contributed by atoms with Gasteiger partial charge >= 0.3 is 0 Å². The Morgan fingerprint density at radius 1 is 1.10 bits per heavy atom. The van der Waals surface area contributed by atoms with Gasteiger partial charge in [0, 0.05) is 18.9 Å². The van der Waals surface area contributed by atoms with Crippen molar-refractivity contribution in [3.8, 4) is 0 Å². The number of methoxy groups -OCH3 is 2. The lowest BCUT2D eigenvalue weighted by Crippen LogP contribution is -2.21. The van der Waals surface area contributed by atoms with E-state index >= 15 is 0 Å². The molecule has 0 bridgehead atoms. The van der Waals surface area contributed by atoms with Gasteiger partial charge in [0.2, 0.25) is 0 Å². The molecule has 3 rings (SSSR count). The molecule has 1 aliphatic carbocycles. The minimum atomic E-state index is 0.419. The van der Waals surface area contributed by atoms with Crippen LogP contribution in [0.25, 0.3) is 0 Å². The molecule has 1 fully saturated rings. The Balaban J connectivity index is 2.00. The monoisotopic (exact) mass is 285 g/mol. The summed E-state index contributed by atoms with van der Waals surface area (Å²) in [6.45, 7) is 2.05. The predicted octanol–water partition coefficient (Wildman–Crippen LogP) is 3.21. The third-order valence-electron chi connectivity index (χ3n) is 4.56. The molecule has 0 aromatic heterocycles. The van der Waals surface area contributed by atoms with Crippen LogP contribution in [-0.2, 0) is 9.47 Å². The lowest BCUT2D eigenvalue weighted by atomic mass is 9.78. The van der Waals surface area contributed by atoms with Crippen molar-refractivity contribution in [2.75, 3.05) is 27.3 Å². The van der Waals surface area contributed by atoms with Gasteiger partial charge in [0.25, 0.3) is 0 Å². The highest BCUT2D eigenvalue weighted by Crippen LogP contribution is 2.40. The van der Waals surface area contributed by atoms with Crippen LogP contribution >= 0.6 is 0 Å². The van der Waals surface area contributed by atoms with Gasteiger partial charge in [-0.2, -0.15) is 0 Å². The molecule has 1 N–H and O–H groups in total. The zero-order valence-corrected chi connectivity index (χ0v) is 12.8. The number of fused-ring (bicyclic) bond motifs is 1. The number of allylic oxidation sites excluding steroid dienone is 2. The van der Waals surface area contributed by atoms with E-state index in [9.17, 15) is 0 Å². The second-order valence-corrected chi connectivity index (χ2v) is 5.70. The molecular weight excluding hydrogens is 262 g/mol. The van der Waals surface area contributed by atoms with Gasteiger partial charge in [-0.3, -0.25) is 0 Å². The summed E-state index contributed by atoms with van der Waals surface area (Å²) in [5.41, 5.74) is 2.85. The molecule has 1 saturated heterocycles. The first kappa shape index (κ1) is 14.2. The summed E-state index contributed by atoms with van der Waals surface area (Å²) < 4.78 is 11.0. The van der Waals surface area contributed by atoms with Crippen LogP contribution in [0.2, 0.25) is 0 Å². The van der Waals surface area contributed by atoms with Gasteiger partial charge in [0.15, 0.2) is 5.76 Å². The maximum Gasteiger partial charge on any atom is 0.156 e. The van der Waals surface area contributed by atoms with E-state index in [1.165, 1.54) is 11.1 Å². The molecule has 1 heterocycles. The maximum atomic E-state index is 5.53. The number of hydrogen-bond donors (Lipinski definition) is 1. The van der Waals surface area contributed by atoms with E-state index in [2.05, 4.69) is 41.7 Å². The molecule has 21 heavy (non-hydrogen) atoms. The van der Waals surface area contributed by atoms with Crippen molar-refractivity contribution in [3.63, 3.8) is 0 Å². The highest BCUT2D eigenvalue weighted by atomic mass is 16.5. The standard InChI is InChI=1S/C18H23NO2/c1-20-17-10-14-8-9-19-12-16(13-6-4-3-5-7-13)15(14)11-18(17)21-2/h3-7,11,14,16,19H,8-10,12H2,1-2H3/t14?,16-/m1/s1. The van der Waals surface area contributed by atoms with Crippen molar-refractivity contribution in [2.45, 2.75) is 18.8 Å². The number of benzene rings is 1. The van der Waals surface area contributed by atoms with Crippen LogP contribution in [0.3, 0.4) is 0 Å². The summed E-state index contributed by atoms with van der Waals surface area (Å²) >= 11 is 0. The van der Waals surface area contributed by atoms with Crippen molar-refractivity contribution in [1.82, 2.24) is 5.32 Å². The summed E-state index contributed by atoms with van der Waals surface area (Å²) in [4.78, 5) is 0. The van der Waals surface area contributed by atoms with Gasteiger partial charge in [-0.1, -0.05) is 35.9 Å². The molecule has 112 valence electrons. The predicted molar refractivity (Wildman–Crippen MR) is 83.9 cm³/mol. The molecule has 0 saturated carbocycles. The first-order valence-corrected chi connectivity index (χ1v) is 7.61. The lowest BCUT2D eigenvalue weighted by Gasteiger charge is -2.29. The van der Waals surface area contributed by atoms with Crippen LogP contribution < -0.4 is 5.32 Å². The van der Waals surface area contributed by atoms with E-state index in [0.29, 0.717) is 11.8 Å². The number of ether oxygens (including phenoxy) is 2. The van der Waals surface area contributed by atoms with Gasteiger partial charge in [0.1, 0.15) is 5.76 Å². The molecule has 3 heteroatoms. The number of hydrogen-bond acceptors (Lipinski definition) is 3. The highest BCUT2D eigenvalue weighted by Gasteiger charge is 2.31. The Morgan fingerprint density at radius 3 is 2.62 bits per heavy atom. The van der Waals surface area contributed by atoms with Crippen LogP contribution in [0, 0.1) is 5.92 Å². The quantitative estimate of drug-likeness (QED) is 0.925. The smallest absolute Gasteiger partial charge is 0.156 e. The van der Waals surface area contributed by atoms with Gasteiger partial charge < -0.3 is 14.8 Å². The van der Waals surface area contributed by atoms with Gasteiger partial charge in [-0.25, -0.2) is 0 Å². The third kappa shape index (κ3) is 2.84. The van der Waals surface area contributed by atoms with E-state index in [0.717, 1.165) is 37.4 Å². The van der Waals surface area contributed by atoms with Crippen LogP contribution in [0.4, 0.5) is 0 Å². The summed E-state index contributed by atoms with van der Waals surface area (Å²) in [7, 11) is 3.45. The van der Waals surface area contributed by atoms with E-state index < -0.39 is 0 Å². The molecule has 0 radical (unpaired) electrons. The SMILES string of the molecule is COC1=C(OC)CC2CCNC[C@H](c3ccccc3)C2=C1. The summed E-state index contributed by atoms with van der Waals surface area (Å²) in [5, 5.41) is 3.58. The van der Waals surface area contributed by atoms with Crippen molar-refractivity contribution >= 4 is 0 Å². The van der Waals surface area contributed by atoms with E-state index in [1.54, 1.807) is 14.2 Å². The van der Waals surface area contributed by atoms with Crippen LogP contribution in [0.1, 0.15) is 24.3 Å². The largest absolute Gasteiger partial charge is 0.497 e. The van der Waals surface area contributed by atoms with Gasteiger partial charge in [-0.05, 0) is 30.5 Å². The second kappa shape index (κ2) is 6.35. The number of nitrogens with one attached hydrogen (secondary N) is 1. The minimum absolute atomic E-state index is 0.419. The first-order valence-electron chi connectivity index (χ1n) is 7.61. The van der Waals surface area contributed by atoms with E-state index in [-0.39, 0.29) is 0 Å². The normalized spacial score (nSPS) is 25.7. The molecule has 2 aliphatic rings. The van der Waals surface area contributed by atoms with E-state index in [1.807, 2.05) is 0 Å². The van der Waals surface area contributed by atoms with Crippen LogP contribution in [-0.4, -0.2) is 27.3 Å². The van der Waals surface area contributed by atoms with Crippen molar-refractivity contribution in [3.05, 3.63) is 59.1 Å². The van der Waals surface area contributed by atoms with Crippen molar-refractivity contribution in [1.29, 1.82) is 0 Å². The Bertz CT molecular complexity index is 548. The summed E-state index contributed by atoms with van der Waals surface area (Å²) in [6, 6.07) is 10.7. The third-order valence-corrected chi connectivity index (χ3v) is 4.56. The Kier molecular flexibility index (Phi) is 4.30. The summed E-state index contributed by atoms with van der Waals surface area (Å²) in [5.74, 6) is 2.81. The fourth-order valence-corrected chi connectivity index (χ4v) is 3.44. The fourth-order valence-electron chi connectivity index (χ4n) is 3.44. The number of rotatable bonds is 3. The second-order valence-electron chi connectivity index (χ2n) is 5.70. The molecular formula is C18H23NO2. The summed E-state index contributed by atoms with van der Waals surface area (Å²) in [6.07, 6.45) is 4.30. The lowest BCUT2D eigenvalue weighted by molar-refractivity contribution is 0.206. The molecule has 2 atom stereocenters. The Labute approximate surface area is 126 Å². The molecule has 0 spiro atoms. The van der Waals surface area contributed by atoms with Crippen molar-refractivity contribution in [2.24, 2.45) is 5.92 Å². The molecule has 0 amide bonds. The highest BCUT2D eigenvalue weighted by molar-refractivity contribution is 5.38. The van der Waals surface area contributed by atoms with Gasteiger partial charge in [0.05, 0.1) is 14.2 Å². The van der Waals surface area contributed by atoms with Crippen molar-refractivity contribution < 1.29 is 9.47 Å². The zero-order chi connectivity index (χ0) is 14.7. The average Bonchev–Trinajstić information content (AvgIpc) is 2.76. The first-order chi connectivity index (χ1) is 10.3. The molecule has 1 aliphatic heterocycles. The van der Waals surface area contributed by atoms with Crippen LogP contribution in [0.5, 0.6) is 0 Å². The molecule has 1 unspecified atom stereocenters. The van der Waals surface area contributed by atoms with E-state index in [4.69, 9.17) is 9.47 Å². The molecule has 1 aromatic rings. The fraction of sp³-hybridized carbons (Fsp3) is 0.444. The van der Waals surface area contributed by atoms with Gasteiger partial charge in [-0.15, -0.1) is 0 Å². The average molecular weight is 285 g/mol. The maximum absolute atomic E-state index is 5.53. The van der Waals surface area contributed by atoms with Crippen LogP contribution in [0.15, 0.2) is 53.5 Å². The Hall–Kier alpha value is -1.74. The molecule has 1 aromatic carbocycles. The topological polar surface area (TPSA) is 30.5 Å². The Morgan fingerprint density at radius 2 is 1.90 bits per heavy atom. The minimum Gasteiger partial charge on any atom is -0.497 e. The molecule has 3 nitrogen and oxygen atoms in total. The zero-order valence-electron chi connectivity index (χ0n) is 12.8.